The van der Waals surface area contributed by atoms with Crippen molar-refractivity contribution in [1.82, 2.24) is 15.1 Å². The Morgan fingerprint density at radius 1 is 1.28 bits per heavy atom. The van der Waals surface area contributed by atoms with Gasteiger partial charge in [-0.3, -0.25) is 0 Å². The molecule has 0 bridgehead atoms. The maximum Gasteiger partial charge on any atom is 0.0677 e. The third kappa shape index (κ3) is 2.46. The van der Waals surface area contributed by atoms with E-state index in [2.05, 4.69) is 34.7 Å². The van der Waals surface area contributed by atoms with Gasteiger partial charge in [0.15, 0.2) is 0 Å². The van der Waals surface area contributed by atoms with Crippen LogP contribution in [0.15, 0.2) is 42.7 Å². The van der Waals surface area contributed by atoms with Crippen LogP contribution in [-0.2, 0) is 6.42 Å². The maximum atomic E-state index is 4.34. The smallest absolute Gasteiger partial charge is 0.0677 e. The highest BCUT2D eigenvalue weighted by molar-refractivity contribution is 5.40. The lowest BCUT2D eigenvalue weighted by molar-refractivity contribution is 0.376. The van der Waals surface area contributed by atoms with Gasteiger partial charge in [0.25, 0.3) is 0 Å². The molecule has 3 rings (SSSR count). The van der Waals surface area contributed by atoms with E-state index in [0.29, 0.717) is 0 Å². The number of aromatic nitrogens is 2. The van der Waals surface area contributed by atoms with Gasteiger partial charge in [0.1, 0.15) is 0 Å². The van der Waals surface area contributed by atoms with Crippen molar-refractivity contribution in [2.75, 3.05) is 13.1 Å². The Kier molecular flexibility index (Phi) is 3.42. The Morgan fingerprint density at radius 2 is 2.22 bits per heavy atom. The van der Waals surface area contributed by atoms with Crippen molar-refractivity contribution in [2.45, 2.75) is 19.3 Å². The van der Waals surface area contributed by atoms with Crippen molar-refractivity contribution >= 4 is 0 Å². The van der Waals surface area contributed by atoms with Gasteiger partial charge in [-0.15, -0.1) is 0 Å². The Hall–Kier alpha value is -1.61. The number of nitrogens with zero attached hydrogens (tertiary/aromatic N) is 2. The highest BCUT2D eigenvalue weighted by Gasteiger charge is 2.15. The molecular weight excluding hydrogens is 222 g/mol. The standard InChI is InChI=1S/C15H19N3/c1-2-7-15(18-10-4-9-17-18)14(6-1)11-13-5-3-8-16-12-13/h1-2,4,6-7,9-10,13,16H,3,5,8,11-12H2. The number of piperidine rings is 1. The first kappa shape index (κ1) is 11.5. The second-order valence-electron chi connectivity index (χ2n) is 5.00. The predicted octanol–water partition coefficient (Wildman–Crippen LogP) is 2.41. The monoisotopic (exact) mass is 241 g/mol. The molecule has 1 saturated heterocycles. The summed E-state index contributed by atoms with van der Waals surface area (Å²) in [6.07, 6.45) is 7.62. The summed E-state index contributed by atoms with van der Waals surface area (Å²) in [5, 5.41) is 7.83. The van der Waals surface area contributed by atoms with Crippen LogP contribution in [0.2, 0.25) is 0 Å². The van der Waals surface area contributed by atoms with E-state index in [4.69, 9.17) is 0 Å². The summed E-state index contributed by atoms with van der Waals surface area (Å²) < 4.78 is 1.96. The zero-order valence-electron chi connectivity index (χ0n) is 10.5. The van der Waals surface area contributed by atoms with Crippen molar-refractivity contribution in [3.63, 3.8) is 0 Å². The maximum absolute atomic E-state index is 4.34. The van der Waals surface area contributed by atoms with Crippen LogP contribution in [-0.4, -0.2) is 22.9 Å². The molecule has 1 N–H and O–H groups in total. The van der Waals surface area contributed by atoms with E-state index >= 15 is 0 Å². The largest absolute Gasteiger partial charge is 0.316 e. The van der Waals surface area contributed by atoms with Gasteiger partial charge in [0.2, 0.25) is 0 Å². The summed E-state index contributed by atoms with van der Waals surface area (Å²) in [6, 6.07) is 10.6. The molecule has 1 aliphatic heterocycles. The quantitative estimate of drug-likeness (QED) is 0.894. The van der Waals surface area contributed by atoms with E-state index in [1.165, 1.54) is 30.6 Å². The minimum atomic E-state index is 0.760. The molecule has 0 aliphatic carbocycles. The van der Waals surface area contributed by atoms with Crippen LogP contribution in [0.4, 0.5) is 0 Å². The summed E-state index contributed by atoms with van der Waals surface area (Å²) in [6.45, 7) is 2.32. The minimum absolute atomic E-state index is 0.760. The van der Waals surface area contributed by atoms with E-state index in [1.807, 2.05) is 23.1 Å². The van der Waals surface area contributed by atoms with Gasteiger partial charge < -0.3 is 5.32 Å². The zero-order valence-corrected chi connectivity index (χ0v) is 10.5. The Balaban J connectivity index is 1.83. The number of benzene rings is 1. The third-order valence-corrected chi connectivity index (χ3v) is 3.65. The van der Waals surface area contributed by atoms with Gasteiger partial charge in [0, 0.05) is 12.4 Å². The highest BCUT2D eigenvalue weighted by Crippen LogP contribution is 2.21. The molecule has 1 aromatic carbocycles. The molecule has 1 atom stereocenters. The van der Waals surface area contributed by atoms with Crippen molar-refractivity contribution in [3.05, 3.63) is 48.3 Å². The van der Waals surface area contributed by atoms with Crippen molar-refractivity contribution in [3.8, 4) is 5.69 Å². The van der Waals surface area contributed by atoms with Crippen molar-refractivity contribution in [1.29, 1.82) is 0 Å². The minimum Gasteiger partial charge on any atom is -0.316 e. The molecule has 1 fully saturated rings. The fourth-order valence-electron chi connectivity index (χ4n) is 2.73. The summed E-state index contributed by atoms with van der Waals surface area (Å²) in [5.74, 6) is 0.760. The van der Waals surface area contributed by atoms with Crippen molar-refractivity contribution < 1.29 is 0 Å². The molecule has 1 aromatic heterocycles. The zero-order chi connectivity index (χ0) is 12.2. The third-order valence-electron chi connectivity index (χ3n) is 3.65. The number of rotatable bonds is 3. The van der Waals surface area contributed by atoms with Gasteiger partial charge in [-0.1, -0.05) is 18.2 Å². The van der Waals surface area contributed by atoms with Gasteiger partial charge in [-0.05, 0) is 56.0 Å². The van der Waals surface area contributed by atoms with Crippen LogP contribution in [0.5, 0.6) is 0 Å². The molecule has 0 spiro atoms. The van der Waals surface area contributed by atoms with E-state index < -0.39 is 0 Å². The fraction of sp³-hybridized carbons (Fsp3) is 0.400. The first-order chi connectivity index (χ1) is 8.93. The van der Waals surface area contributed by atoms with Crippen LogP contribution in [0.1, 0.15) is 18.4 Å². The first-order valence-corrected chi connectivity index (χ1v) is 6.72. The normalized spacial score (nSPS) is 19.9. The number of nitrogens with one attached hydrogen (secondary N) is 1. The van der Waals surface area contributed by atoms with Gasteiger partial charge >= 0.3 is 0 Å². The van der Waals surface area contributed by atoms with E-state index in [0.717, 1.165) is 18.9 Å². The lowest BCUT2D eigenvalue weighted by Crippen LogP contribution is -2.31. The molecule has 0 amide bonds. The molecule has 3 nitrogen and oxygen atoms in total. The highest BCUT2D eigenvalue weighted by atomic mass is 15.3. The fourth-order valence-corrected chi connectivity index (χ4v) is 2.73. The summed E-state index contributed by atoms with van der Waals surface area (Å²) in [4.78, 5) is 0. The summed E-state index contributed by atoms with van der Waals surface area (Å²) >= 11 is 0. The van der Waals surface area contributed by atoms with Crippen LogP contribution in [0, 0.1) is 5.92 Å². The van der Waals surface area contributed by atoms with Gasteiger partial charge in [0.05, 0.1) is 5.69 Å². The van der Waals surface area contributed by atoms with Crippen LogP contribution >= 0.6 is 0 Å². The number of hydrogen-bond acceptors (Lipinski definition) is 2. The van der Waals surface area contributed by atoms with Crippen LogP contribution < -0.4 is 5.32 Å². The molecular formula is C15H19N3. The van der Waals surface area contributed by atoms with Gasteiger partial charge in [-0.2, -0.15) is 5.10 Å². The average molecular weight is 241 g/mol. The molecule has 3 heteroatoms. The lowest BCUT2D eigenvalue weighted by atomic mass is 9.91. The van der Waals surface area contributed by atoms with Crippen LogP contribution in [0.25, 0.3) is 5.69 Å². The second kappa shape index (κ2) is 5.36. The Bertz CT molecular complexity index is 484. The van der Waals surface area contributed by atoms with E-state index in [1.54, 1.807) is 0 Å². The number of para-hydroxylation sites is 1. The average Bonchev–Trinajstić information content (AvgIpc) is 2.94. The summed E-state index contributed by atoms with van der Waals surface area (Å²) in [7, 11) is 0. The molecule has 94 valence electrons. The van der Waals surface area contributed by atoms with E-state index in [9.17, 15) is 0 Å². The van der Waals surface area contributed by atoms with Crippen LogP contribution in [0.3, 0.4) is 0 Å². The SMILES string of the molecule is c1ccc(-n2cccn2)c(CC2CCCNC2)c1. The molecule has 1 aliphatic rings. The summed E-state index contributed by atoms with van der Waals surface area (Å²) in [5.41, 5.74) is 2.61. The Morgan fingerprint density at radius 3 is 3.00 bits per heavy atom. The second-order valence-corrected chi connectivity index (χ2v) is 5.00. The van der Waals surface area contributed by atoms with E-state index in [-0.39, 0.29) is 0 Å². The topological polar surface area (TPSA) is 29.9 Å². The van der Waals surface area contributed by atoms with Crippen molar-refractivity contribution in [2.24, 2.45) is 5.92 Å². The van der Waals surface area contributed by atoms with Gasteiger partial charge in [-0.25, -0.2) is 4.68 Å². The molecule has 2 aromatic rings. The molecule has 18 heavy (non-hydrogen) atoms. The molecule has 0 saturated carbocycles. The Labute approximate surface area is 108 Å². The number of hydrogen-bond donors (Lipinski definition) is 1. The molecule has 0 radical (unpaired) electrons. The lowest BCUT2D eigenvalue weighted by Gasteiger charge is -2.23. The first-order valence-electron chi connectivity index (χ1n) is 6.72. The predicted molar refractivity (Wildman–Crippen MR) is 72.9 cm³/mol. The molecule has 1 unspecified atom stereocenters. The molecule has 2 heterocycles.